The van der Waals surface area contributed by atoms with Gasteiger partial charge in [-0.3, -0.25) is 0 Å². The number of rotatable bonds is 6. The molecule has 0 spiro atoms. The fourth-order valence-electron chi connectivity index (χ4n) is 1.91. The van der Waals surface area contributed by atoms with Gasteiger partial charge in [0.2, 0.25) is 0 Å². The second kappa shape index (κ2) is 11.1. The third kappa shape index (κ3) is 8.19. The molecule has 134 valence electrons. The number of aliphatic carboxylic acids is 2. The number of carbonyl (C=O) groups is 2. The van der Waals surface area contributed by atoms with Crippen LogP contribution in [-0.2, 0) is 9.59 Å². The van der Waals surface area contributed by atoms with Gasteiger partial charge in [0, 0.05) is 11.4 Å². The summed E-state index contributed by atoms with van der Waals surface area (Å²) >= 11 is 5.88. The van der Waals surface area contributed by atoms with E-state index in [0.717, 1.165) is 23.7 Å². The van der Waals surface area contributed by atoms with E-state index in [2.05, 4.69) is 17.4 Å². The monoisotopic (exact) mass is 365 g/mol. The van der Waals surface area contributed by atoms with Crippen LogP contribution in [0.25, 0.3) is 0 Å². The van der Waals surface area contributed by atoms with Gasteiger partial charge in [-0.2, -0.15) is 0 Å². The molecule has 1 unspecified atom stereocenters. The van der Waals surface area contributed by atoms with Gasteiger partial charge in [0.25, 0.3) is 0 Å². The van der Waals surface area contributed by atoms with E-state index in [1.54, 1.807) is 0 Å². The summed E-state index contributed by atoms with van der Waals surface area (Å²) in [6.07, 6.45) is 0.971. The van der Waals surface area contributed by atoms with E-state index in [1.165, 1.54) is 5.56 Å². The Kier molecular flexibility index (Phi) is 9.06. The molecule has 0 aliphatic carbocycles. The lowest BCUT2D eigenvalue weighted by molar-refractivity contribution is -0.159. The molecule has 25 heavy (non-hydrogen) atoms. The van der Waals surface area contributed by atoms with Gasteiger partial charge in [0.05, 0.1) is 0 Å². The Morgan fingerprint density at radius 3 is 2.08 bits per heavy atom. The van der Waals surface area contributed by atoms with Crippen molar-refractivity contribution in [3.63, 3.8) is 0 Å². The van der Waals surface area contributed by atoms with Crippen LogP contribution in [-0.4, -0.2) is 35.7 Å². The second-order valence-electron chi connectivity index (χ2n) is 4.97. The van der Waals surface area contributed by atoms with E-state index < -0.39 is 11.9 Å². The van der Waals surface area contributed by atoms with Crippen LogP contribution < -0.4 is 10.1 Å². The molecule has 0 amide bonds. The lowest BCUT2D eigenvalue weighted by Crippen LogP contribution is -2.16. The van der Waals surface area contributed by atoms with Crippen molar-refractivity contribution in [2.45, 2.75) is 12.5 Å². The van der Waals surface area contributed by atoms with Crippen molar-refractivity contribution in [2.24, 2.45) is 0 Å². The van der Waals surface area contributed by atoms with Gasteiger partial charge in [-0.1, -0.05) is 41.9 Å². The number of hydrogen-bond donors (Lipinski definition) is 3. The Balaban J connectivity index is 0.000000450. The molecule has 6 nitrogen and oxygen atoms in total. The topological polar surface area (TPSA) is 95.9 Å². The summed E-state index contributed by atoms with van der Waals surface area (Å²) in [6.45, 7) is 0.910. The lowest BCUT2D eigenvalue weighted by Gasteiger charge is -2.19. The molecule has 0 aromatic heterocycles. The minimum absolute atomic E-state index is 0.0508. The first-order valence-corrected chi connectivity index (χ1v) is 7.89. The Morgan fingerprint density at radius 2 is 1.60 bits per heavy atom. The fourth-order valence-corrected chi connectivity index (χ4v) is 2.04. The molecule has 7 heteroatoms. The molecular formula is C18H20ClNO5. The number of ether oxygens (including phenoxy) is 1. The van der Waals surface area contributed by atoms with Crippen LogP contribution in [0.4, 0.5) is 0 Å². The molecule has 1 atom stereocenters. The molecule has 0 fully saturated rings. The van der Waals surface area contributed by atoms with E-state index in [-0.39, 0.29) is 6.10 Å². The van der Waals surface area contributed by atoms with Gasteiger partial charge in [-0.05, 0) is 43.4 Å². The highest BCUT2D eigenvalue weighted by molar-refractivity contribution is 6.30. The molecule has 0 saturated carbocycles. The van der Waals surface area contributed by atoms with Gasteiger partial charge in [-0.25, -0.2) is 9.59 Å². The molecular weight excluding hydrogens is 346 g/mol. The minimum atomic E-state index is -1.82. The lowest BCUT2D eigenvalue weighted by atomic mass is 10.1. The number of carboxylic acid groups (broad SMARTS) is 2. The minimum Gasteiger partial charge on any atom is -0.486 e. The molecule has 2 aromatic rings. The third-order valence-corrected chi connectivity index (χ3v) is 3.35. The van der Waals surface area contributed by atoms with Crippen LogP contribution in [0.5, 0.6) is 5.75 Å². The highest BCUT2D eigenvalue weighted by atomic mass is 35.5. The van der Waals surface area contributed by atoms with Crippen molar-refractivity contribution in [3.8, 4) is 5.75 Å². The summed E-state index contributed by atoms with van der Waals surface area (Å²) in [4.78, 5) is 18.2. The largest absolute Gasteiger partial charge is 0.486 e. The number of hydrogen-bond acceptors (Lipinski definition) is 4. The number of nitrogens with one attached hydrogen (secondary N) is 1. The van der Waals surface area contributed by atoms with E-state index in [4.69, 9.17) is 36.1 Å². The van der Waals surface area contributed by atoms with Crippen LogP contribution in [0.15, 0.2) is 54.6 Å². The zero-order chi connectivity index (χ0) is 18.7. The summed E-state index contributed by atoms with van der Waals surface area (Å²) in [5.74, 6) is -2.81. The van der Waals surface area contributed by atoms with Crippen molar-refractivity contribution in [2.75, 3.05) is 13.6 Å². The first-order chi connectivity index (χ1) is 11.9. The third-order valence-electron chi connectivity index (χ3n) is 3.10. The molecule has 0 aliphatic heterocycles. The van der Waals surface area contributed by atoms with E-state index >= 15 is 0 Å². The summed E-state index contributed by atoms with van der Waals surface area (Å²) in [7, 11) is 1.95. The smallest absolute Gasteiger partial charge is 0.414 e. The van der Waals surface area contributed by atoms with Crippen LogP contribution in [0.1, 0.15) is 18.1 Å². The fraction of sp³-hybridized carbons (Fsp3) is 0.222. The van der Waals surface area contributed by atoms with Gasteiger partial charge in [0.1, 0.15) is 11.9 Å². The normalized spacial score (nSPS) is 11.0. The molecule has 0 radical (unpaired) electrons. The van der Waals surface area contributed by atoms with Crippen LogP contribution >= 0.6 is 11.6 Å². The number of carboxylic acids is 2. The van der Waals surface area contributed by atoms with Crippen LogP contribution in [0.3, 0.4) is 0 Å². The van der Waals surface area contributed by atoms with Crippen molar-refractivity contribution in [3.05, 3.63) is 65.2 Å². The Morgan fingerprint density at radius 1 is 1.04 bits per heavy atom. The quantitative estimate of drug-likeness (QED) is 0.680. The Labute approximate surface area is 151 Å². The predicted octanol–water partition coefficient (Wildman–Crippen LogP) is 3.23. The summed E-state index contributed by atoms with van der Waals surface area (Å²) in [5.41, 5.74) is 1.19. The van der Waals surface area contributed by atoms with Gasteiger partial charge in [-0.15, -0.1) is 0 Å². The van der Waals surface area contributed by atoms with E-state index in [1.807, 2.05) is 49.5 Å². The highest BCUT2D eigenvalue weighted by Gasteiger charge is 2.12. The summed E-state index contributed by atoms with van der Waals surface area (Å²) in [5, 5.41) is 18.7. The molecule has 3 N–H and O–H groups in total. The molecule has 2 aromatic carbocycles. The van der Waals surface area contributed by atoms with Crippen molar-refractivity contribution in [1.29, 1.82) is 0 Å². The Bertz CT molecular complexity index is 649. The van der Waals surface area contributed by atoms with Crippen molar-refractivity contribution < 1.29 is 24.5 Å². The standard InChI is InChI=1S/C16H18ClNO.C2H2O4/c1-18-12-11-16(13-5-3-2-4-6-13)19-15-9-7-14(17)8-10-15;3-1(4)2(5)6/h2-10,16,18H,11-12H2,1H3;(H,3,4)(H,5,6). The number of benzene rings is 2. The molecule has 0 bridgehead atoms. The van der Waals surface area contributed by atoms with Crippen molar-refractivity contribution >= 4 is 23.5 Å². The first-order valence-electron chi connectivity index (χ1n) is 7.52. The van der Waals surface area contributed by atoms with Crippen molar-refractivity contribution in [1.82, 2.24) is 5.32 Å². The maximum atomic E-state index is 9.10. The Hall–Kier alpha value is -2.57. The zero-order valence-corrected chi connectivity index (χ0v) is 14.4. The summed E-state index contributed by atoms with van der Waals surface area (Å²) in [6, 6.07) is 17.8. The second-order valence-corrected chi connectivity index (χ2v) is 5.41. The average Bonchev–Trinajstić information content (AvgIpc) is 2.61. The van der Waals surface area contributed by atoms with Gasteiger partial charge >= 0.3 is 11.9 Å². The SMILES string of the molecule is CNCCC(Oc1ccc(Cl)cc1)c1ccccc1.O=C(O)C(=O)O. The van der Waals surface area contributed by atoms with Crippen LogP contribution in [0, 0.1) is 0 Å². The maximum Gasteiger partial charge on any atom is 0.414 e. The summed E-state index contributed by atoms with van der Waals surface area (Å²) < 4.78 is 6.06. The average molecular weight is 366 g/mol. The molecule has 0 aliphatic rings. The highest BCUT2D eigenvalue weighted by Crippen LogP contribution is 2.25. The first kappa shape index (κ1) is 20.5. The number of halogens is 1. The maximum absolute atomic E-state index is 9.10. The van der Waals surface area contributed by atoms with Crippen LogP contribution in [0.2, 0.25) is 5.02 Å². The van der Waals surface area contributed by atoms with Gasteiger partial charge in [0.15, 0.2) is 0 Å². The van der Waals surface area contributed by atoms with Gasteiger partial charge < -0.3 is 20.3 Å². The molecule has 2 rings (SSSR count). The van der Waals surface area contributed by atoms with E-state index in [9.17, 15) is 0 Å². The van der Waals surface area contributed by atoms with E-state index in [0.29, 0.717) is 0 Å². The zero-order valence-electron chi connectivity index (χ0n) is 13.7. The molecule has 0 saturated heterocycles. The molecule has 0 heterocycles. The predicted molar refractivity (Wildman–Crippen MR) is 95.1 cm³/mol.